The lowest BCUT2D eigenvalue weighted by atomic mass is 10.2. The highest BCUT2D eigenvalue weighted by Gasteiger charge is 2.22. The minimum Gasteiger partial charge on any atom is -0.504 e. The van der Waals surface area contributed by atoms with Crippen LogP contribution >= 0.6 is 34.8 Å². The van der Waals surface area contributed by atoms with Gasteiger partial charge in [-0.1, -0.05) is 47.8 Å². The fourth-order valence-electron chi connectivity index (χ4n) is 2.19. The summed E-state index contributed by atoms with van der Waals surface area (Å²) < 4.78 is 5.72. The van der Waals surface area contributed by atoms with Crippen molar-refractivity contribution in [2.75, 3.05) is 5.32 Å². The van der Waals surface area contributed by atoms with Crippen molar-refractivity contribution in [2.24, 2.45) is 0 Å². The normalized spacial score (nSPS) is 11.9. The number of nitrogens with one attached hydrogen (secondary N) is 1. The van der Waals surface area contributed by atoms with Crippen molar-refractivity contribution in [3.05, 3.63) is 50.5 Å². The van der Waals surface area contributed by atoms with Crippen molar-refractivity contribution in [3.8, 4) is 11.5 Å². The number of amides is 1. The second-order valence-electron chi connectivity index (χ2n) is 5.63. The van der Waals surface area contributed by atoms with Gasteiger partial charge in [0.1, 0.15) is 5.75 Å². The molecule has 4 nitrogen and oxygen atoms in total. The number of carbonyl (C=O) groups is 1. The predicted octanol–water partition coefficient (Wildman–Crippen LogP) is 5.77. The zero-order valence-corrected chi connectivity index (χ0v) is 16.3. The molecule has 134 valence electrons. The van der Waals surface area contributed by atoms with Crippen LogP contribution in [-0.2, 0) is 4.79 Å². The van der Waals surface area contributed by atoms with Gasteiger partial charge in [-0.3, -0.25) is 4.79 Å². The van der Waals surface area contributed by atoms with E-state index >= 15 is 0 Å². The van der Waals surface area contributed by atoms with Crippen LogP contribution in [-0.4, -0.2) is 17.1 Å². The third kappa shape index (κ3) is 4.51. The summed E-state index contributed by atoms with van der Waals surface area (Å²) in [6.45, 7) is 5.39. The number of ether oxygens (including phenoxy) is 1. The Morgan fingerprint density at radius 3 is 2.48 bits per heavy atom. The first-order valence-corrected chi connectivity index (χ1v) is 8.79. The molecule has 0 aromatic heterocycles. The Morgan fingerprint density at radius 2 is 1.88 bits per heavy atom. The molecular weight excluding hydrogens is 385 g/mol. The molecule has 0 aliphatic heterocycles. The third-order valence-corrected chi connectivity index (χ3v) is 4.85. The van der Waals surface area contributed by atoms with Crippen LogP contribution in [0.3, 0.4) is 0 Å². The van der Waals surface area contributed by atoms with Crippen molar-refractivity contribution in [1.82, 2.24) is 0 Å². The highest BCUT2D eigenvalue weighted by Crippen LogP contribution is 2.39. The highest BCUT2D eigenvalue weighted by molar-refractivity contribution is 6.37. The minimum atomic E-state index is -0.793. The van der Waals surface area contributed by atoms with Gasteiger partial charge in [0.2, 0.25) is 0 Å². The molecule has 0 spiro atoms. The van der Waals surface area contributed by atoms with E-state index in [4.69, 9.17) is 39.5 Å². The fraction of sp³-hybridized carbons (Fsp3) is 0.278. The van der Waals surface area contributed by atoms with Crippen LogP contribution in [0.1, 0.15) is 24.5 Å². The number of phenolic OH excluding ortho intramolecular Hbond substituents is 1. The maximum absolute atomic E-state index is 12.5. The number of phenols is 1. The van der Waals surface area contributed by atoms with Gasteiger partial charge < -0.3 is 15.2 Å². The molecule has 0 saturated heterocycles. The van der Waals surface area contributed by atoms with Gasteiger partial charge in [-0.25, -0.2) is 0 Å². The summed E-state index contributed by atoms with van der Waals surface area (Å²) in [5.41, 5.74) is 1.65. The zero-order chi connectivity index (χ0) is 18.7. The molecule has 0 bridgehead atoms. The summed E-state index contributed by atoms with van der Waals surface area (Å²) in [5, 5.41) is 13.6. The maximum atomic E-state index is 12.5. The first kappa shape index (κ1) is 19.7. The Morgan fingerprint density at radius 1 is 1.20 bits per heavy atom. The Labute approximate surface area is 161 Å². The molecule has 2 aromatic carbocycles. The second-order valence-corrected chi connectivity index (χ2v) is 6.82. The molecule has 7 heteroatoms. The zero-order valence-electron chi connectivity index (χ0n) is 14.0. The largest absolute Gasteiger partial charge is 0.504 e. The van der Waals surface area contributed by atoms with E-state index < -0.39 is 12.0 Å². The lowest BCUT2D eigenvalue weighted by Gasteiger charge is -2.19. The number of aryl methyl sites for hydroxylation is 1. The highest BCUT2D eigenvalue weighted by atomic mass is 35.5. The van der Waals surface area contributed by atoms with Crippen LogP contribution in [0.2, 0.25) is 15.1 Å². The van der Waals surface area contributed by atoms with E-state index in [0.29, 0.717) is 27.8 Å². The Balaban J connectivity index is 2.21. The third-order valence-electron chi connectivity index (χ3n) is 3.70. The average molecular weight is 403 g/mol. The van der Waals surface area contributed by atoms with Crippen LogP contribution in [0.5, 0.6) is 11.5 Å². The fourth-order valence-corrected chi connectivity index (χ4v) is 2.92. The maximum Gasteiger partial charge on any atom is 0.265 e. The summed E-state index contributed by atoms with van der Waals surface area (Å²) in [7, 11) is 0. The first-order chi connectivity index (χ1) is 11.7. The van der Waals surface area contributed by atoms with Crippen molar-refractivity contribution in [2.45, 2.75) is 33.3 Å². The van der Waals surface area contributed by atoms with Crippen molar-refractivity contribution < 1.29 is 14.6 Å². The molecule has 1 amide bonds. The average Bonchev–Trinajstić information content (AvgIpc) is 2.57. The minimum absolute atomic E-state index is 0.0957. The molecule has 0 radical (unpaired) electrons. The number of carbonyl (C=O) groups excluding carboxylic acids is 1. The van der Waals surface area contributed by atoms with Crippen LogP contribution < -0.4 is 10.1 Å². The van der Waals surface area contributed by atoms with E-state index in [-0.39, 0.29) is 16.5 Å². The molecule has 1 unspecified atom stereocenters. The standard InChI is InChI=1S/C18H18Cl3NO3/c1-4-14(25-15-6-5-9(2)7-12(15)20)18(24)22-13-8-11(19)10(3)16(21)17(13)23/h5-8,14,23H,4H2,1-3H3,(H,22,24). The van der Waals surface area contributed by atoms with Gasteiger partial charge in [0.25, 0.3) is 5.91 Å². The summed E-state index contributed by atoms with van der Waals surface area (Å²) in [5.74, 6) is -0.260. The van der Waals surface area contributed by atoms with Gasteiger partial charge in [0.15, 0.2) is 11.9 Å². The Bertz CT molecular complexity index is 809. The van der Waals surface area contributed by atoms with E-state index in [1.165, 1.54) is 6.07 Å². The quantitative estimate of drug-likeness (QED) is 0.625. The molecule has 0 saturated carbocycles. The molecule has 1 atom stereocenters. The van der Waals surface area contributed by atoms with Crippen molar-refractivity contribution >= 4 is 46.4 Å². The number of rotatable bonds is 5. The van der Waals surface area contributed by atoms with Gasteiger partial charge in [0.05, 0.1) is 15.7 Å². The SMILES string of the molecule is CCC(Oc1ccc(C)cc1Cl)C(=O)Nc1cc(Cl)c(C)c(Cl)c1O. The summed E-state index contributed by atoms with van der Waals surface area (Å²) in [4.78, 5) is 12.5. The molecule has 0 aliphatic rings. The molecule has 25 heavy (non-hydrogen) atoms. The first-order valence-electron chi connectivity index (χ1n) is 7.65. The van der Waals surface area contributed by atoms with Crippen LogP contribution in [0.15, 0.2) is 24.3 Å². The second kappa shape index (κ2) is 8.17. The van der Waals surface area contributed by atoms with E-state index in [2.05, 4.69) is 5.32 Å². The monoisotopic (exact) mass is 401 g/mol. The lowest BCUT2D eigenvalue weighted by molar-refractivity contribution is -0.122. The predicted molar refractivity (Wildman–Crippen MR) is 102 cm³/mol. The molecule has 0 fully saturated rings. The van der Waals surface area contributed by atoms with E-state index in [0.717, 1.165) is 5.56 Å². The van der Waals surface area contributed by atoms with Crippen LogP contribution in [0, 0.1) is 13.8 Å². The molecule has 2 aromatic rings. The number of hydrogen-bond donors (Lipinski definition) is 2. The molecule has 0 aliphatic carbocycles. The Kier molecular flexibility index (Phi) is 6.44. The summed E-state index contributed by atoms with van der Waals surface area (Å²) in [6.07, 6.45) is -0.386. The Hall–Kier alpha value is -1.62. The molecule has 2 rings (SSSR count). The molecule has 0 heterocycles. The topological polar surface area (TPSA) is 58.6 Å². The number of benzene rings is 2. The van der Waals surface area contributed by atoms with Crippen molar-refractivity contribution in [3.63, 3.8) is 0 Å². The van der Waals surface area contributed by atoms with Gasteiger partial charge >= 0.3 is 0 Å². The van der Waals surface area contributed by atoms with Gasteiger partial charge in [-0.2, -0.15) is 0 Å². The molecule has 2 N–H and O–H groups in total. The van der Waals surface area contributed by atoms with Crippen LogP contribution in [0.25, 0.3) is 0 Å². The number of anilines is 1. The van der Waals surface area contributed by atoms with E-state index in [1.54, 1.807) is 26.0 Å². The smallest absolute Gasteiger partial charge is 0.265 e. The van der Waals surface area contributed by atoms with Crippen molar-refractivity contribution in [1.29, 1.82) is 0 Å². The summed E-state index contributed by atoms with van der Waals surface area (Å²) in [6, 6.07) is 6.76. The van der Waals surface area contributed by atoms with E-state index in [1.807, 2.05) is 13.0 Å². The number of hydrogen-bond acceptors (Lipinski definition) is 3. The van der Waals surface area contributed by atoms with Gasteiger partial charge in [0, 0.05) is 5.02 Å². The van der Waals surface area contributed by atoms with Gasteiger partial charge in [-0.05, 0) is 49.6 Å². The van der Waals surface area contributed by atoms with Gasteiger partial charge in [-0.15, -0.1) is 0 Å². The molecular formula is C18H18Cl3NO3. The number of aromatic hydroxyl groups is 1. The number of halogens is 3. The van der Waals surface area contributed by atoms with Crippen LogP contribution in [0.4, 0.5) is 5.69 Å². The van der Waals surface area contributed by atoms with E-state index in [9.17, 15) is 9.90 Å². The summed E-state index contributed by atoms with van der Waals surface area (Å²) >= 11 is 18.2. The lowest BCUT2D eigenvalue weighted by Crippen LogP contribution is -2.32.